The third-order valence-electron chi connectivity index (χ3n) is 19.1. The van der Waals surface area contributed by atoms with Crippen LogP contribution < -0.4 is 0 Å². The van der Waals surface area contributed by atoms with Crippen molar-refractivity contribution in [2.75, 3.05) is 26.4 Å². The van der Waals surface area contributed by atoms with E-state index in [-0.39, 0.29) is 11.8 Å². The van der Waals surface area contributed by atoms with E-state index in [0.717, 1.165) is 119 Å². The second kappa shape index (κ2) is 35.7. The summed E-state index contributed by atoms with van der Waals surface area (Å²) in [4.78, 5) is 0. The zero-order valence-corrected chi connectivity index (χ0v) is 67.2. The highest BCUT2D eigenvalue weighted by atomic mass is 28.5. The van der Waals surface area contributed by atoms with Crippen LogP contribution in [-0.2, 0) is 68.3 Å². The van der Waals surface area contributed by atoms with Crippen molar-refractivity contribution in [2.45, 2.75) is 288 Å². The van der Waals surface area contributed by atoms with E-state index in [2.05, 4.69) is 85.5 Å². The summed E-state index contributed by atoms with van der Waals surface area (Å²) in [5.41, 5.74) is -0.0369. The summed E-state index contributed by atoms with van der Waals surface area (Å²) < 4.78 is 104. The van der Waals surface area contributed by atoms with Crippen LogP contribution in [0.2, 0.25) is 96.7 Å². The Morgan fingerprint density at radius 2 is 0.720 bits per heavy atom. The van der Waals surface area contributed by atoms with Gasteiger partial charge in [-0.15, -0.1) is 0 Å². The smallest absolute Gasteiger partial charge is 0.347 e. The van der Waals surface area contributed by atoms with Crippen LogP contribution in [0.15, 0.2) is 0 Å². The zero-order chi connectivity index (χ0) is 58.8. The van der Waals surface area contributed by atoms with E-state index < -0.39 is 109 Å². The van der Waals surface area contributed by atoms with E-state index in [9.17, 15) is 0 Å². The quantitative estimate of drug-likeness (QED) is 0.0567. The second-order valence-electron chi connectivity index (χ2n) is 26.9. The summed E-state index contributed by atoms with van der Waals surface area (Å²) in [5, 5.41) is 0. The van der Waals surface area contributed by atoms with Gasteiger partial charge in [-0.05, 0) is 248 Å². The fourth-order valence-corrected chi connectivity index (χ4v) is 62.3. The van der Waals surface area contributed by atoms with Gasteiger partial charge in [0.25, 0.3) is 74.3 Å². The predicted octanol–water partition coefficient (Wildman–Crippen LogP) is 11.3. The van der Waals surface area contributed by atoms with Gasteiger partial charge in [0, 0.05) is 26.4 Å². The van der Waals surface area contributed by atoms with Gasteiger partial charge in [-0.2, -0.15) is 0 Å². The van der Waals surface area contributed by atoms with E-state index in [1.165, 1.54) is 116 Å². The third-order valence-corrected chi connectivity index (χ3v) is 63.1. The number of hydrogen-bond acceptors (Lipinski definition) is 16. The van der Waals surface area contributed by atoms with E-state index in [4.69, 9.17) is 68.3 Å². The summed E-state index contributed by atoms with van der Waals surface area (Å²) in [7, 11) is -23.8. The molecule has 4 aliphatic carbocycles. The molecule has 0 aromatic carbocycles. The van der Waals surface area contributed by atoms with Crippen molar-refractivity contribution in [1.82, 2.24) is 0 Å². The third kappa shape index (κ3) is 25.2. The van der Waals surface area contributed by atoms with Crippen LogP contribution >= 0.6 is 0 Å². The first-order valence-electron chi connectivity index (χ1n) is 33.7. The van der Waals surface area contributed by atoms with Gasteiger partial charge in [0.15, 0.2) is 0 Å². The molecule has 28 heteroatoms. The van der Waals surface area contributed by atoms with Crippen LogP contribution in [0, 0.1) is 29.6 Å². The average molecular weight is 1360 g/mol. The van der Waals surface area contributed by atoms with Crippen molar-refractivity contribution in [2.24, 2.45) is 29.6 Å². The molecule has 3 saturated heterocycles. The number of hydrogen-bond donors (Lipinski definition) is 0. The van der Waals surface area contributed by atoms with Gasteiger partial charge >= 0.3 is 34.2 Å². The van der Waals surface area contributed by atoms with Gasteiger partial charge in [-0.1, -0.05) is 45.4 Å². The lowest BCUT2D eigenvalue weighted by molar-refractivity contribution is -0.0243. The van der Waals surface area contributed by atoms with Crippen LogP contribution in [0.25, 0.3) is 0 Å². The predicted molar refractivity (Wildman–Crippen MR) is 356 cm³/mol. The molecule has 0 spiro atoms. The molecule has 0 bridgehead atoms. The lowest BCUT2D eigenvalue weighted by Gasteiger charge is -2.46. The van der Waals surface area contributed by atoms with Crippen molar-refractivity contribution in [3.8, 4) is 0 Å². The zero-order valence-electron chi connectivity index (χ0n) is 54.0. The Labute approximate surface area is 517 Å². The Bertz CT molecular complexity index is 1750. The lowest BCUT2D eigenvalue weighted by atomic mass is 9.74. The van der Waals surface area contributed by atoms with Gasteiger partial charge in [-0.25, -0.2) is 0 Å². The highest BCUT2D eigenvalue weighted by Crippen LogP contribution is 2.41. The fraction of sp³-hybridized carbons (Fsp3) is 1.00. The lowest BCUT2D eigenvalue weighted by Crippen LogP contribution is -2.65. The molecule has 9 unspecified atom stereocenters. The number of rotatable bonds is 27. The fourth-order valence-electron chi connectivity index (χ4n) is 15.3. The molecule has 7 fully saturated rings. The largest absolute Gasteiger partial charge is 0.420 e. The number of ether oxygens (including phenoxy) is 4. The molecule has 0 aromatic rings. The van der Waals surface area contributed by atoms with E-state index >= 15 is 0 Å². The maximum Gasteiger partial charge on any atom is 0.347 e. The SMILES string of the molecule is CCC(OC1CCC(CC2CCC(OCCC[Si]3(C)O[SiH](C)O[SiH](C)O[SiH](C)O3)CC2)CC1)[Si]1(C)O[SiH](C)O[SiH](C)O[Si](C)(CCCOCCCCC2CCC(CC3CCC(OCCC[Si]4(C)O[SiH](C)O[SiH](C)O[SiH](C)O4)CC3)CC2)O1. The van der Waals surface area contributed by atoms with Gasteiger partial charge < -0.3 is 68.3 Å². The molecule has 0 amide bonds. The van der Waals surface area contributed by atoms with Crippen LogP contribution in [0.3, 0.4) is 0 Å². The molecule has 480 valence electrons. The molecule has 16 nitrogen and oxygen atoms in total. The molecule has 9 atom stereocenters. The summed E-state index contributed by atoms with van der Waals surface area (Å²) in [6.07, 6.45) is 31.9. The van der Waals surface area contributed by atoms with Crippen molar-refractivity contribution >= 4 is 109 Å². The minimum atomic E-state index is -2.80. The Hall–Kier alpha value is 1.96. The van der Waals surface area contributed by atoms with Gasteiger partial charge in [0.1, 0.15) is 0 Å². The first kappa shape index (κ1) is 71.4. The molecule has 3 heterocycles. The first-order chi connectivity index (χ1) is 39.2. The van der Waals surface area contributed by atoms with Crippen molar-refractivity contribution < 1.29 is 68.3 Å². The Morgan fingerprint density at radius 1 is 0.378 bits per heavy atom. The summed E-state index contributed by atoms with van der Waals surface area (Å²) in [5.74, 6) is 4.31. The van der Waals surface area contributed by atoms with E-state index in [1.807, 2.05) is 0 Å². The molecule has 82 heavy (non-hydrogen) atoms. The van der Waals surface area contributed by atoms with Crippen molar-refractivity contribution in [3.05, 3.63) is 0 Å². The van der Waals surface area contributed by atoms with Crippen LogP contribution in [-0.4, -0.2) is 159 Å². The molecule has 0 radical (unpaired) electrons. The normalized spacial score (nSPS) is 42.7. The summed E-state index contributed by atoms with van der Waals surface area (Å²) in [6.45, 7) is 31.3. The highest BCUT2D eigenvalue weighted by molar-refractivity contribution is 6.87. The molecule has 0 N–H and O–H groups in total. The van der Waals surface area contributed by atoms with Crippen LogP contribution in [0.4, 0.5) is 0 Å². The Balaban J connectivity index is 0.710. The first-order valence-corrected chi connectivity index (χ1v) is 60.4. The van der Waals surface area contributed by atoms with Gasteiger partial charge in [0.05, 0.1) is 24.0 Å². The van der Waals surface area contributed by atoms with Crippen molar-refractivity contribution in [3.63, 3.8) is 0 Å². The van der Waals surface area contributed by atoms with Crippen LogP contribution in [0.5, 0.6) is 0 Å². The number of unbranched alkanes of at least 4 members (excludes halogenated alkanes) is 1. The minimum Gasteiger partial charge on any atom is -0.420 e. The monoisotopic (exact) mass is 1360 g/mol. The van der Waals surface area contributed by atoms with Crippen molar-refractivity contribution in [1.29, 1.82) is 0 Å². The Kier molecular flexibility index (Phi) is 31.1. The van der Waals surface area contributed by atoms with E-state index in [0.29, 0.717) is 12.2 Å². The molecule has 4 saturated carbocycles. The van der Waals surface area contributed by atoms with Gasteiger partial charge in [0.2, 0.25) is 0 Å². The maximum absolute atomic E-state index is 7.33. The highest BCUT2D eigenvalue weighted by Gasteiger charge is 2.53. The second-order valence-corrected chi connectivity index (χ2v) is 58.9. The molecular formula is C54H120O16Si12. The summed E-state index contributed by atoms with van der Waals surface area (Å²) >= 11 is 0. The molecule has 7 aliphatic rings. The summed E-state index contributed by atoms with van der Waals surface area (Å²) in [6, 6.07) is 2.80. The van der Waals surface area contributed by atoms with Gasteiger partial charge in [-0.3, -0.25) is 0 Å². The minimum absolute atomic E-state index is 0.0369. The standard InChI is InChI=1S/C54H120O16Si12/c1-14-54(58-53-35-29-50(30-36-53)45-49-27-33-52(34-28-49)57-40-19-42-80(11)66-75(6)61-72(3)62-76(7)67-80)82(13)69-78(9)63-77(8)68-81(12,70-82)43-17-38-55-37-16-15-20-46-21-23-47(24-22-46)44-48-25-31-51(32-26-48)56-39-18-41-79(10)64-73(4)59-71(2)60-74(5)65-79/h46-54,71-78H,14-45H2,1-13H3. The molecule has 0 aromatic heterocycles. The maximum atomic E-state index is 7.33. The molecule has 7 rings (SSSR count). The topological polar surface area (TPSA) is 148 Å². The molecule has 3 aliphatic heterocycles. The average Bonchev–Trinajstić information content (AvgIpc) is 3.32. The van der Waals surface area contributed by atoms with E-state index in [1.54, 1.807) is 0 Å². The molecular weight excluding hydrogens is 1240 g/mol. The Morgan fingerprint density at radius 3 is 1.16 bits per heavy atom. The van der Waals surface area contributed by atoms with Crippen LogP contribution in [0.1, 0.15) is 167 Å².